The molecule has 9 heteroatoms. The molecule has 0 radical (unpaired) electrons. The van der Waals surface area contributed by atoms with E-state index in [1.165, 1.54) is 18.9 Å². The van der Waals surface area contributed by atoms with Gasteiger partial charge in [0.1, 0.15) is 23.9 Å². The van der Waals surface area contributed by atoms with Crippen LogP contribution < -0.4 is 10.1 Å². The van der Waals surface area contributed by atoms with E-state index in [0.717, 1.165) is 74.6 Å². The van der Waals surface area contributed by atoms with Gasteiger partial charge in [0, 0.05) is 65.2 Å². The molecule has 6 aromatic rings. The molecule has 0 atom stereocenters. The lowest BCUT2D eigenvalue weighted by Gasteiger charge is -2.12. The number of benzene rings is 2. The summed E-state index contributed by atoms with van der Waals surface area (Å²) < 4.78 is 20.5. The number of nitrogens with one attached hydrogen (secondary N) is 3. The molecular weight excluding hydrogens is 529 g/mol. The molecule has 0 bridgehead atoms. The summed E-state index contributed by atoms with van der Waals surface area (Å²) in [5, 5.41) is 13.1. The lowest BCUT2D eigenvalue weighted by molar-refractivity contribution is 0.260. The Morgan fingerprint density at radius 2 is 1.86 bits per heavy atom. The van der Waals surface area contributed by atoms with Gasteiger partial charge in [-0.25, -0.2) is 9.37 Å². The highest BCUT2D eigenvalue weighted by Gasteiger charge is 2.21. The topological polar surface area (TPSA) is 94.8 Å². The van der Waals surface area contributed by atoms with Crippen molar-refractivity contribution in [2.75, 3.05) is 39.1 Å². The fourth-order valence-electron chi connectivity index (χ4n) is 5.23. The molecule has 212 valence electrons. The van der Waals surface area contributed by atoms with Crippen LogP contribution in [0.1, 0.15) is 12.8 Å². The maximum Gasteiger partial charge on any atom is 0.155 e. The molecule has 2 aromatic carbocycles. The summed E-state index contributed by atoms with van der Waals surface area (Å²) >= 11 is 0. The fraction of sp³-hybridized carbons (Fsp3) is 0.242. The van der Waals surface area contributed by atoms with Crippen molar-refractivity contribution in [1.29, 1.82) is 0 Å². The molecule has 4 aromatic heterocycles. The number of aromatic amines is 2. The number of fused-ring (bicyclic) bond motifs is 2. The third-order valence-corrected chi connectivity index (χ3v) is 7.69. The van der Waals surface area contributed by atoms with Gasteiger partial charge in [-0.2, -0.15) is 5.10 Å². The van der Waals surface area contributed by atoms with Gasteiger partial charge in [0.2, 0.25) is 0 Å². The predicted octanol–water partition coefficient (Wildman–Crippen LogP) is 6.74. The predicted molar refractivity (Wildman–Crippen MR) is 165 cm³/mol. The number of pyridine rings is 2. The molecule has 0 amide bonds. The average molecular weight is 562 g/mol. The summed E-state index contributed by atoms with van der Waals surface area (Å²) in [5.41, 5.74) is 7.88. The average Bonchev–Trinajstić information content (AvgIpc) is 3.56. The first-order chi connectivity index (χ1) is 20.5. The number of nitrogens with zero attached hydrogens (tertiary/aromatic N) is 4. The Balaban J connectivity index is 1.22. The van der Waals surface area contributed by atoms with Crippen LogP contribution in [0.5, 0.6) is 5.75 Å². The molecule has 0 unspecified atom stereocenters. The molecule has 3 N–H and O–H groups in total. The van der Waals surface area contributed by atoms with Gasteiger partial charge < -0.3 is 19.9 Å². The van der Waals surface area contributed by atoms with Crippen LogP contribution in [0.2, 0.25) is 0 Å². The van der Waals surface area contributed by atoms with Gasteiger partial charge in [0.25, 0.3) is 0 Å². The number of hydrogen-bond donors (Lipinski definition) is 3. The SMILES string of the molecule is CN(C)CCOc1cc(F)cc(-c2cccc3[nH]c(-c4n[nH]c5ncc(-c6cncc(NCC7CC7)c6)cc45)cc23)c1. The highest BCUT2D eigenvalue weighted by molar-refractivity contribution is 6.01. The van der Waals surface area contributed by atoms with Crippen molar-refractivity contribution >= 4 is 27.6 Å². The van der Waals surface area contributed by atoms with Crippen molar-refractivity contribution < 1.29 is 9.13 Å². The number of hydrogen-bond acceptors (Lipinski definition) is 6. The summed E-state index contributed by atoms with van der Waals surface area (Å²) in [6.45, 7) is 2.21. The van der Waals surface area contributed by atoms with E-state index in [0.29, 0.717) is 18.0 Å². The lowest BCUT2D eigenvalue weighted by atomic mass is 10.0. The van der Waals surface area contributed by atoms with Gasteiger partial charge >= 0.3 is 0 Å². The molecule has 1 aliphatic rings. The van der Waals surface area contributed by atoms with Crippen LogP contribution in [0.4, 0.5) is 10.1 Å². The van der Waals surface area contributed by atoms with Crippen LogP contribution in [0.25, 0.3) is 55.6 Å². The Kier molecular flexibility index (Phi) is 6.79. The molecular formula is C33H32FN7O. The van der Waals surface area contributed by atoms with E-state index in [1.54, 1.807) is 6.07 Å². The maximum atomic E-state index is 14.7. The van der Waals surface area contributed by atoms with Crippen molar-refractivity contribution in [3.63, 3.8) is 0 Å². The number of ether oxygens (including phenoxy) is 1. The number of aromatic nitrogens is 5. The minimum Gasteiger partial charge on any atom is -0.492 e. The zero-order chi connectivity index (χ0) is 28.6. The minimum absolute atomic E-state index is 0.335. The van der Waals surface area contributed by atoms with Crippen LogP contribution in [0.15, 0.2) is 73.2 Å². The molecule has 1 fully saturated rings. The van der Waals surface area contributed by atoms with Crippen molar-refractivity contribution in [3.05, 3.63) is 79.0 Å². The van der Waals surface area contributed by atoms with E-state index in [1.807, 2.05) is 61.9 Å². The van der Waals surface area contributed by atoms with Crippen LogP contribution in [0, 0.1) is 11.7 Å². The Morgan fingerprint density at radius 3 is 2.71 bits per heavy atom. The van der Waals surface area contributed by atoms with Crippen molar-refractivity contribution in [2.45, 2.75) is 12.8 Å². The zero-order valence-electron chi connectivity index (χ0n) is 23.6. The Hall–Kier alpha value is -4.76. The number of H-pyrrole nitrogens is 2. The van der Waals surface area contributed by atoms with Gasteiger partial charge in [0.15, 0.2) is 5.65 Å². The fourth-order valence-corrected chi connectivity index (χ4v) is 5.23. The summed E-state index contributed by atoms with van der Waals surface area (Å²) in [6, 6.07) is 17.1. The van der Waals surface area contributed by atoms with Gasteiger partial charge in [0.05, 0.1) is 11.4 Å². The summed E-state index contributed by atoms with van der Waals surface area (Å²) in [7, 11) is 3.96. The van der Waals surface area contributed by atoms with Crippen molar-refractivity contribution in [1.82, 2.24) is 30.0 Å². The van der Waals surface area contributed by atoms with Gasteiger partial charge in [-0.15, -0.1) is 0 Å². The van der Waals surface area contributed by atoms with Crippen LogP contribution >= 0.6 is 0 Å². The van der Waals surface area contributed by atoms with Crippen LogP contribution in [-0.2, 0) is 0 Å². The van der Waals surface area contributed by atoms with E-state index in [4.69, 9.17) is 4.74 Å². The number of anilines is 1. The molecule has 1 saturated carbocycles. The zero-order valence-corrected chi connectivity index (χ0v) is 23.6. The maximum absolute atomic E-state index is 14.7. The standard InChI is InChI=1S/C33H32FN7O/c1-41(2)8-9-42-26-12-21(10-24(34)14-26)27-4-3-5-30-28(27)15-31(38-30)32-29-13-23(18-37-33(29)40-39-32)22-11-25(19-35-17-22)36-16-20-6-7-20/h3-5,10-15,17-20,36,38H,6-9,16H2,1-2H3,(H,37,39,40). The molecule has 42 heavy (non-hydrogen) atoms. The third-order valence-electron chi connectivity index (χ3n) is 7.69. The lowest BCUT2D eigenvalue weighted by Crippen LogP contribution is -2.19. The first kappa shape index (κ1) is 26.2. The first-order valence-electron chi connectivity index (χ1n) is 14.2. The third kappa shape index (κ3) is 5.43. The van der Waals surface area contributed by atoms with Gasteiger partial charge in [-0.05, 0) is 80.4 Å². The van der Waals surface area contributed by atoms with Crippen LogP contribution in [0.3, 0.4) is 0 Å². The molecule has 4 heterocycles. The van der Waals surface area contributed by atoms with Crippen LogP contribution in [-0.4, -0.2) is 63.8 Å². The Bertz CT molecular complexity index is 1890. The quantitative estimate of drug-likeness (QED) is 0.172. The van der Waals surface area contributed by atoms with Crippen molar-refractivity contribution in [3.8, 4) is 39.4 Å². The summed E-state index contributed by atoms with van der Waals surface area (Å²) in [6.07, 6.45) is 8.16. The smallest absolute Gasteiger partial charge is 0.155 e. The normalized spacial score (nSPS) is 13.3. The molecule has 7 rings (SSSR count). The highest BCUT2D eigenvalue weighted by atomic mass is 19.1. The Labute approximate surface area is 243 Å². The Morgan fingerprint density at radius 1 is 0.976 bits per heavy atom. The number of rotatable bonds is 10. The highest BCUT2D eigenvalue weighted by Crippen LogP contribution is 2.36. The van der Waals surface area contributed by atoms with E-state index in [-0.39, 0.29) is 5.82 Å². The second-order valence-corrected chi connectivity index (χ2v) is 11.3. The monoisotopic (exact) mass is 561 g/mol. The second kappa shape index (κ2) is 10.9. The van der Waals surface area contributed by atoms with E-state index >= 15 is 0 Å². The molecule has 1 aliphatic carbocycles. The summed E-state index contributed by atoms with van der Waals surface area (Å²) in [5.74, 6) is 0.956. The van der Waals surface area contributed by atoms with Gasteiger partial charge in [-0.1, -0.05) is 12.1 Å². The summed E-state index contributed by atoms with van der Waals surface area (Å²) in [4.78, 5) is 14.6. The van der Waals surface area contributed by atoms with E-state index < -0.39 is 0 Å². The number of likely N-dealkylation sites (N-methyl/N-ethyl adjacent to an activating group) is 1. The van der Waals surface area contributed by atoms with Crippen molar-refractivity contribution in [2.24, 2.45) is 5.92 Å². The number of halogens is 1. The molecule has 0 spiro atoms. The largest absolute Gasteiger partial charge is 0.492 e. The molecule has 0 saturated heterocycles. The van der Waals surface area contributed by atoms with Gasteiger partial charge in [-0.3, -0.25) is 10.1 Å². The van der Waals surface area contributed by atoms with E-state index in [9.17, 15) is 4.39 Å². The van der Waals surface area contributed by atoms with E-state index in [2.05, 4.69) is 48.7 Å². The minimum atomic E-state index is -0.335. The first-order valence-corrected chi connectivity index (χ1v) is 14.2. The molecule has 0 aliphatic heterocycles. The molecule has 8 nitrogen and oxygen atoms in total. The second-order valence-electron chi connectivity index (χ2n) is 11.3.